The summed E-state index contributed by atoms with van der Waals surface area (Å²) in [5.74, 6) is -0.732. The highest BCUT2D eigenvalue weighted by Gasteiger charge is 2.38. The Morgan fingerprint density at radius 3 is 2.71 bits per heavy atom. The zero-order chi connectivity index (χ0) is 12.6. The maximum Gasteiger partial charge on any atom is 0.452 e. The average Bonchev–Trinajstić information content (AvgIpc) is 2.82. The van der Waals surface area contributed by atoms with Gasteiger partial charge in [-0.15, -0.1) is 0 Å². The van der Waals surface area contributed by atoms with E-state index in [1.54, 1.807) is 0 Å². The first kappa shape index (κ1) is 12.6. The minimum absolute atomic E-state index is 0.164. The van der Waals surface area contributed by atoms with Gasteiger partial charge < -0.3 is 10.6 Å². The number of rotatable bonds is 2. The summed E-state index contributed by atoms with van der Waals surface area (Å²) in [6.45, 7) is 3.17. The van der Waals surface area contributed by atoms with Crippen LogP contribution in [0.5, 0.6) is 0 Å². The van der Waals surface area contributed by atoms with E-state index in [1.165, 1.54) is 0 Å². The van der Waals surface area contributed by atoms with Crippen molar-refractivity contribution in [3.63, 3.8) is 0 Å². The van der Waals surface area contributed by atoms with Crippen LogP contribution in [0, 0.1) is 5.92 Å². The van der Waals surface area contributed by atoms with Gasteiger partial charge in [0.15, 0.2) is 0 Å². The van der Waals surface area contributed by atoms with Crippen molar-refractivity contribution >= 4 is 16.7 Å². The molecule has 2 N–H and O–H groups in total. The van der Waals surface area contributed by atoms with E-state index >= 15 is 0 Å². The third kappa shape index (κ3) is 2.52. The Hall–Kier alpha value is -0.890. The molecule has 1 aromatic heterocycles. The molecular formula is C9H13F3N4S. The molecule has 0 aromatic carbocycles. The average molecular weight is 266 g/mol. The Balaban J connectivity index is 2.16. The SMILES string of the molecule is CC1CC(CN)CN1c1nc(C(F)(F)F)ns1. The van der Waals surface area contributed by atoms with Crippen LogP contribution in [0.1, 0.15) is 19.2 Å². The molecule has 0 bridgehead atoms. The Morgan fingerprint density at radius 1 is 1.53 bits per heavy atom. The largest absolute Gasteiger partial charge is 0.452 e. The molecule has 0 saturated carbocycles. The molecule has 0 amide bonds. The van der Waals surface area contributed by atoms with Crippen molar-refractivity contribution < 1.29 is 13.2 Å². The highest BCUT2D eigenvalue weighted by molar-refractivity contribution is 7.09. The van der Waals surface area contributed by atoms with Gasteiger partial charge in [0.25, 0.3) is 0 Å². The third-order valence-electron chi connectivity index (χ3n) is 2.91. The highest BCUT2D eigenvalue weighted by Crippen LogP contribution is 2.34. The molecule has 0 radical (unpaired) electrons. The molecule has 4 nitrogen and oxygen atoms in total. The van der Waals surface area contributed by atoms with Gasteiger partial charge in [-0.1, -0.05) is 0 Å². The molecule has 1 aliphatic heterocycles. The first-order valence-electron chi connectivity index (χ1n) is 5.29. The van der Waals surface area contributed by atoms with Gasteiger partial charge in [0, 0.05) is 24.1 Å². The van der Waals surface area contributed by atoms with Gasteiger partial charge in [0.05, 0.1) is 0 Å². The zero-order valence-corrected chi connectivity index (χ0v) is 10.1. The molecule has 1 fully saturated rings. The van der Waals surface area contributed by atoms with E-state index in [1.807, 2.05) is 11.8 Å². The fraction of sp³-hybridized carbons (Fsp3) is 0.778. The van der Waals surface area contributed by atoms with Crippen LogP contribution in [0.15, 0.2) is 0 Å². The van der Waals surface area contributed by atoms with E-state index in [9.17, 15) is 13.2 Å². The Kier molecular flexibility index (Phi) is 3.26. The van der Waals surface area contributed by atoms with Gasteiger partial charge in [-0.2, -0.15) is 22.5 Å². The molecule has 2 rings (SSSR count). The molecule has 0 spiro atoms. The normalized spacial score (nSPS) is 25.6. The van der Waals surface area contributed by atoms with Crippen LogP contribution in [-0.4, -0.2) is 28.5 Å². The lowest BCUT2D eigenvalue weighted by Crippen LogP contribution is -2.27. The van der Waals surface area contributed by atoms with Crippen molar-refractivity contribution in [3.8, 4) is 0 Å². The van der Waals surface area contributed by atoms with Crippen molar-refractivity contribution in [2.24, 2.45) is 11.7 Å². The van der Waals surface area contributed by atoms with Crippen LogP contribution >= 0.6 is 11.5 Å². The molecule has 2 atom stereocenters. The number of hydrogen-bond donors (Lipinski definition) is 1. The van der Waals surface area contributed by atoms with Gasteiger partial charge in [0.1, 0.15) is 0 Å². The Morgan fingerprint density at radius 2 is 2.24 bits per heavy atom. The van der Waals surface area contributed by atoms with E-state index in [0.29, 0.717) is 24.1 Å². The predicted molar refractivity (Wildman–Crippen MR) is 58.9 cm³/mol. The maximum atomic E-state index is 12.4. The smallest absolute Gasteiger partial charge is 0.344 e. The lowest BCUT2D eigenvalue weighted by Gasteiger charge is -2.19. The van der Waals surface area contributed by atoms with E-state index in [4.69, 9.17) is 5.73 Å². The first-order valence-corrected chi connectivity index (χ1v) is 6.06. The maximum absolute atomic E-state index is 12.4. The molecule has 1 saturated heterocycles. The molecule has 2 unspecified atom stereocenters. The van der Waals surface area contributed by atoms with Gasteiger partial charge >= 0.3 is 6.18 Å². The first-order chi connectivity index (χ1) is 7.91. The van der Waals surface area contributed by atoms with Crippen molar-refractivity contribution in [2.75, 3.05) is 18.0 Å². The number of alkyl halides is 3. The topological polar surface area (TPSA) is 55.0 Å². The number of nitrogens with zero attached hydrogens (tertiary/aromatic N) is 3. The molecular weight excluding hydrogens is 253 g/mol. The van der Waals surface area contributed by atoms with Crippen LogP contribution in [0.2, 0.25) is 0 Å². The van der Waals surface area contributed by atoms with Crippen LogP contribution in [-0.2, 0) is 6.18 Å². The summed E-state index contributed by atoms with van der Waals surface area (Å²) < 4.78 is 40.5. The van der Waals surface area contributed by atoms with Crippen molar-refractivity contribution in [3.05, 3.63) is 5.82 Å². The summed E-state index contributed by atoms with van der Waals surface area (Å²) in [4.78, 5) is 5.40. The second kappa shape index (κ2) is 4.41. The number of halogens is 3. The fourth-order valence-electron chi connectivity index (χ4n) is 2.03. The second-order valence-corrected chi connectivity index (χ2v) is 4.97. The molecule has 96 valence electrons. The summed E-state index contributed by atoms with van der Waals surface area (Å²) in [5, 5.41) is 0.334. The molecule has 0 aliphatic carbocycles. The predicted octanol–water partition coefficient (Wildman–Crippen LogP) is 1.73. The van der Waals surface area contributed by atoms with Crippen LogP contribution in [0.3, 0.4) is 0 Å². The minimum atomic E-state index is -4.47. The van der Waals surface area contributed by atoms with Crippen molar-refractivity contribution in [1.29, 1.82) is 0 Å². The number of nitrogens with two attached hydrogens (primary N) is 1. The molecule has 17 heavy (non-hydrogen) atoms. The molecule has 2 heterocycles. The highest BCUT2D eigenvalue weighted by atomic mass is 32.1. The van der Waals surface area contributed by atoms with Gasteiger partial charge in [-0.25, -0.2) is 0 Å². The van der Waals surface area contributed by atoms with Gasteiger partial charge in [0.2, 0.25) is 11.0 Å². The summed E-state index contributed by atoms with van der Waals surface area (Å²) in [7, 11) is 0. The monoisotopic (exact) mass is 266 g/mol. The third-order valence-corrected chi connectivity index (χ3v) is 3.66. The molecule has 1 aliphatic rings. The standard InChI is InChI=1S/C9H13F3N4S/c1-5-2-6(3-13)4-16(5)8-14-7(15-17-8)9(10,11)12/h5-6H,2-4,13H2,1H3. The van der Waals surface area contributed by atoms with Crippen LogP contribution in [0.25, 0.3) is 0 Å². The van der Waals surface area contributed by atoms with E-state index < -0.39 is 12.0 Å². The van der Waals surface area contributed by atoms with E-state index in [2.05, 4.69) is 9.36 Å². The summed E-state index contributed by atoms with van der Waals surface area (Å²) in [6, 6.07) is 0.164. The Bertz CT molecular complexity index is 392. The van der Waals surface area contributed by atoms with Crippen LogP contribution < -0.4 is 10.6 Å². The number of hydrogen-bond acceptors (Lipinski definition) is 5. The second-order valence-electron chi connectivity index (χ2n) is 4.24. The van der Waals surface area contributed by atoms with Gasteiger partial charge in [-0.3, -0.25) is 0 Å². The number of anilines is 1. The van der Waals surface area contributed by atoms with Crippen molar-refractivity contribution in [1.82, 2.24) is 9.36 Å². The van der Waals surface area contributed by atoms with Crippen molar-refractivity contribution in [2.45, 2.75) is 25.6 Å². The summed E-state index contributed by atoms with van der Waals surface area (Å²) >= 11 is 0.794. The fourth-order valence-corrected chi connectivity index (χ4v) is 2.83. The van der Waals surface area contributed by atoms with Gasteiger partial charge in [-0.05, 0) is 25.8 Å². The quantitative estimate of drug-likeness (QED) is 0.885. The Labute approximate surface area is 101 Å². The molecule has 1 aromatic rings. The van der Waals surface area contributed by atoms with Crippen LogP contribution in [0.4, 0.5) is 18.3 Å². The zero-order valence-electron chi connectivity index (χ0n) is 9.24. The lowest BCUT2D eigenvalue weighted by atomic mass is 10.1. The lowest BCUT2D eigenvalue weighted by molar-refractivity contribution is -0.144. The van der Waals surface area contributed by atoms with E-state index in [0.717, 1.165) is 18.0 Å². The molecule has 8 heteroatoms. The summed E-state index contributed by atoms with van der Waals surface area (Å²) in [5.41, 5.74) is 5.57. The van der Waals surface area contributed by atoms with E-state index in [-0.39, 0.29) is 6.04 Å². The summed E-state index contributed by atoms with van der Waals surface area (Å²) in [6.07, 6.45) is -3.58. The minimum Gasteiger partial charge on any atom is -0.344 e. The number of aromatic nitrogens is 2.